The molecule has 8 heteroatoms. The highest BCUT2D eigenvalue weighted by atomic mass is 16.3. The van der Waals surface area contributed by atoms with E-state index < -0.39 is 0 Å². The third kappa shape index (κ3) is 5.08. The molecule has 2 fully saturated rings. The Morgan fingerprint density at radius 2 is 2.00 bits per heavy atom. The van der Waals surface area contributed by atoms with E-state index in [1.54, 1.807) is 6.20 Å². The first-order valence-electron chi connectivity index (χ1n) is 13.3. The van der Waals surface area contributed by atoms with Gasteiger partial charge in [-0.2, -0.15) is 4.98 Å². The summed E-state index contributed by atoms with van der Waals surface area (Å²) in [5.74, 6) is 1.14. The number of nitrogens with zero attached hydrogens (tertiary/aromatic N) is 4. The van der Waals surface area contributed by atoms with Crippen LogP contribution in [0, 0.1) is 0 Å². The predicted molar refractivity (Wildman–Crippen MR) is 138 cm³/mol. The molecule has 1 aliphatic heterocycles. The molecule has 4 heterocycles. The van der Waals surface area contributed by atoms with E-state index in [0.717, 1.165) is 75.5 Å². The Kier molecular flexibility index (Phi) is 7.09. The van der Waals surface area contributed by atoms with Gasteiger partial charge in [-0.1, -0.05) is 13.3 Å². The third-order valence-electron chi connectivity index (χ3n) is 7.81. The van der Waals surface area contributed by atoms with Gasteiger partial charge in [-0.3, -0.25) is 4.79 Å². The van der Waals surface area contributed by atoms with Gasteiger partial charge in [0.15, 0.2) is 0 Å². The van der Waals surface area contributed by atoms with Crippen LogP contribution in [0.2, 0.25) is 0 Å². The normalized spacial score (nSPS) is 22.4. The summed E-state index contributed by atoms with van der Waals surface area (Å²) in [6.45, 7) is 5.86. The van der Waals surface area contributed by atoms with Crippen LogP contribution in [-0.2, 0) is 0 Å². The first-order chi connectivity index (χ1) is 17.0. The summed E-state index contributed by atoms with van der Waals surface area (Å²) in [5.41, 5.74) is 2.95. The number of hydrogen-bond acceptors (Lipinski definition) is 5. The van der Waals surface area contributed by atoms with Crippen LogP contribution in [0.5, 0.6) is 0 Å². The fourth-order valence-corrected chi connectivity index (χ4v) is 5.82. The smallest absolute Gasteiger partial charge is 0.270 e. The van der Waals surface area contributed by atoms with E-state index in [9.17, 15) is 9.90 Å². The fraction of sp³-hybridized carbons (Fsp3) is 0.593. The van der Waals surface area contributed by atoms with Crippen LogP contribution in [0.15, 0.2) is 30.7 Å². The van der Waals surface area contributed by atoms with Gasteiger partial charge in [0.1, 0.15) is 11.3 Å². The number of aromatic amines is 1. The van der Waals surface area contributed by atoms with E-state index in [0.29, 0.717) is 29.6 Å². The number of fused-ring (bicyclic) bond motifs is 1. The zero-order valence-corrected chi connectivity index (χ0v) is 20.9. The quantitative estimate of drug-likeness (QED) is 0.451. The lowest BCUT2D eigenvalue weighted by molar-refractivity contribution is 0.0708. The van der Waals surface area contributed by atoms with Crippen molar-refractivity contribution >= 4 is 22.9 Å². The summed E-state index contributed by atoms with van der Waals surface area (Å²) >= 11 is 0. The predicted octanol–water partition coefficient (Wildman–Crippen LogP) is 4.86. The molecule has 188 valence electrons. The number of aromatic nitrogens is 4. The van der Waals surface area contributed by atoms with Crippen molar-refractivity contribution < 1.29 is 9.90 Å². The van der Waals surface area contributed by atoms with E-state index >= 15 is 0 Å². The average molecular weight is 479 g/mol. The Bertz CT molecular complexity index is 1120. The second-order valence-electron chi connectivity index (χ2n) is 10.4. The van der Waals surface area contributed by atoms with Crippen LogP contribution in [0.3, 0.4) is 0 Å². The van der Waals surface area contributed by atoms with E-state index in [4.69, 9.17) is 4.98 Å². The molecule has 5 rings (SSSR count). The van der Waals surface area contributed by atoms with Crippen LogP contribution in [0.25, 0.3) is 11.0 Å². The highest BCUT2D eigenvalue weighted by Gasteiger charge is 2.30. The zero-order chi connectivity index (χ0) is 24.4. The maximum Gasteiger partial charge on any atom is 0.270 e. The monoisotopic (exact) mass is 478 g/mol. The molecule has 8 nitrogen and oxygen atoms in total. The summed E-state index contributed by atoms with van der Waals surface area (Å²) in [4.78, 5) is 27.4. The van der Waals surface area contributed by atoms with Crippen molar-refractivity contribution in [2.75, 3.05) is 18.4 Å². The largest absolute Gasteiger partial charge is 0.393 e. The number of likely N-dealkylation sites (tertiary alicyclic amines) is 1. The van der Waals surface area contributed by atoms with Gasteiger partial charge in [0.25, 0.3) is 5.91 Å². The fourth-order valence-electron chi connectivity index (χ4n) is 5.82. The van der Waals surface area contributed by atoms with E-state index in [-0.39, 0.29) is 12.0 Å². The van der Waals surface area contributed by atoms with Crippen molar-refractivity contribution in [1.29, 1.82) is 0 Å². The van der Waals surface area contributed by atoms with Gasteiger partial charge in [-0.05, 0) is 75.5 Å². The zero-order valence-electron chi connectivity index (χ0n) is 20.9. The topological polar surface area (TPSA) is 99.1 Å². The van der Waals surface area contributed by atoms with Crippen molar-refractivity contribution in [2.24, 2.45) is 0 Å². The van der Waals surface area contributed by atoms with Crippen LogP contribution in [0.1, 0.15) is 93.2 Å². The van der Waals surface area contributed by atoms with Gasteiger partial charge in [-0.25, -0.2) is 4.98 Å². The number of carbonyl (C=O) groups is 1. The molecule has 0 bridgehead atoms. The summed E-state index contributed by atoms with van der Waals surface area (Å²) < 4.78 is 2.35. The van der Waals surface area contributed by atoms with Gasteiger partial charge in [0.05, 0.1) is 6.10 Å². The Labute approximate surface area is 207 Å². The van der Waals surface area contributed by atoms with Crippen molar-refractivity contribution in [1.82, 2.24) is 24.4 Å². The molecular weight excluding hydrogens is 440 g/mol. The number of amides is 1. The molecule has 3 N–H and O–H groups in total. The number of piperidine rings is 1. The molecule has 1 saturated carbocycles. The minimum Gasteiger partial charge on any atom is -0.393 e. The van der Waals surface area contributed by atoms with Crippen molar-refractivity contribution in [3.8, 4) is 0 Å². The summed E-state index contributed by atoms with van der Waals surface area (Å²) in [6, 6.07) is 4.38. The third-order valence-corrected chi connectivity index (χ3v) is 7.81. The molecule has 3 aromatic rings. The SMILES string of the molecule is CCC[C@H](C)Nc1ncc2c(C3CCN(C(=O)c4ccc[nH]4)CC3)cn(C3CCC(O)CC3)c2n1. The minimum atomic E-state index is -0.184. The summed E-state index contributed by atoms with van der Waals surface area (Å²) in [7, 11) is 0. The Morgan fingerprint density at radius 3 is 2.69 bits per heavy atom. The number of carbonyl (C=O) groups excluding carboxylic acids is 1. The number of aliphatic hydroxyl groups excluding tert-OH is 1. The van der Waals surface area contributed by atoms with Gasteiger partial charge in [0.2, 0.25) is 5.95 Å². The lowest BCUT2D eigenvalue weighted by Crippen LogP contribution is -2.38. The van der Waals surface area contributed by atoms with Gasteiger partial charge < -0.3 is 24.9 Å². The maximum absolute atomic E-state index is 12.8. The Balaban J connectivity index is 1.40. The van der Waals surface area contributed by atoms with E-state index in [2.05, 4.69) is 39.9 Å². The highest BCUT2D eigenvalue weighted by molar-refractivity contribution is 5.92. The van der Waals surface area contributed by atoms with Crippen LogP contribution < -0.4 is 5.32 Å². The Morgan fingerprint density at radius 1 is 1.23 bits per heavy atom. The van der Waals surface area contributed by atoms with Crippen LogP contribution in [0.4, 0.5) is 5.95 Å². The number of rotatable bonds is 7. The second-order valence-corrected chi connectivity index (χ2v) is 10.4. The van der Waals surface area contributed by atoms with Crippen molar-refractivity contribution in [3.05, 3.63) is 42.0 Å². The number of hydrogen-bond donors (Lipinski definition) is 3. The standard InChI is InChI=1S/C27H38N6O2/c1-3-5-18(2)30-27-29-16-22-23(17-33(25(22)31-27)20-7-9-21(34)10-8-20)19-11-14-32(15-12-19)26(35)24-6-4-13-28-24/h4,6,13,16-21,28,34H,3,5,7-12,14-15H2,1-2H3,(H,29,30,31)/t18-,20?,21?/m0/s1. The molecule has 1 atom stereocenters. The molecule has 3 aromatic heterocycles. The number of aliphatic hydroxyl groups is 1. The van der Waals surface area contributed by atoms with Crippen molar-refractivity contribution in [2.45, 2.75) is 89.3 Å². The first kappa shape index (κ1) is 23.9. The molecule has 0 radical (unpaired) electrons. The molecule has 0 spiro atoms. The lowest BCUT2D eigenvalue weighted by Gasteiger charge is -2.31. The molecule has 1 amide bonds. The van der Waals surface area contributed by atoms with E-state index in [1.807, 2.05) is 23.2 Å². The minimum absolute atomic E-state index is 0.0805. The highest BCUT2D eigenvalue weighted by Crippen LogP contribution is 2.38. The van der Waals surface area contributed by atoms with Crippen LogP contribution >= 0.6 is 0 Å². The molecule has 1 aliphatic carbocycles. The average Bonchev–Trinajstić information content (AvgIpc) is 3.53. The Hall–Kier alpha value is -2.87. The molecule has 2 aliphatic rings. The van der Waals surface area contributed by atoms with Gasteiger partial charge in [0, 0.05) is 49.1 Å². The molecule has 35 heavy (non-hydrogen) atoms. The van der Waals surface area contributed by atoms with Gasteiger partial charge in [-0.15, -0.1) is 0 Å². The molecule has 0 aromatic carbocycles. The second kappa shape index (κ2) is 10.4. The first-order valence-corrected chi connectivity index (χ1v) is 13.3. The molecule has 1 saturated heterocycles. The number of anilines is 1. The summed E-state index contributed by atoms with van der Waals surface area (Å²) in [6.07, 6.45) is 13.6. The maximum atomic E-state index is 12.8. The molecule has 0 unspecified atom stereocenters. The number of H-pyrrole nitrogens is 1. The van der Waals surface area contributed by atoms with Crippen molar-refractivity contribution in [3.63, 3.8) is 0 Å². The summed E-state index contributed by atoms with van der Waals surface area (Å²) in [5, 5.41) is 14.6. The van der Waals surface area contributed by atoms with Crippen LogP contribution in [-0.4, -0.2) is 60.7 Å². The van der Waals surface area contributed by atoms with Gasteiger partial charge >= 0.3 is 0 Å². The number of nitrogens with one attached hydrogen (secondary N) is 2. The molecular formula is C27H38N6O2. The lowest BCUT2D eigenvalue weighted by atomic mass is 9.89. The van der Waals surface area contributed by atoms with E-state index in [1.165, 1.54) is 5.56 Å².